The van der Waals surface area contributed by atoms with E-state index in [1.807, 2.05) is 0 Å². The zero-order valence-electron chi connectivity index (χ0n) is 22.9. The highest BCUT2D eigenvalue weighted by Crippen LogP contribution is 2.41. The van der Waals surface area contributed by atoms with E-state index < -0.39 is 89.4 Å². The van der Waals surface area contributed by atoms with Gasteiger partial charge in [-0.2, -0.15) is 26.3 Å². The minimum Gasteiger partial charge on any atom is -0.340 e. The second-order valence-electron chi connectivity index (χ2n) is 10.9. The molecule has 43 heavy (non-hydrogen) atoms. The SMILES string of the molecule is CN(C(=O)N(C)C1CN(C(=O)C2CCC(F)(F)CC2)CC1c1ccc(F)cc1F)c1cc(C(F)(F)F)cc(C(F)(F)F)c1. The standard InChI is InChI=1S/C28H27F10N3O2/c1-39(19-10-16(27(33,34)35)9-17(11-19)28(36,37)38)25(43)40(2)23-14-41(24(42)15-5-7-26(31,32)8-6-15)13-21(23)20-4-3-18(29)12-22(20)30/h3-4,9-12,15,21,23H,5-8,13-14H2,1-2H3. The number of carbonyl (C=O) groups excluding carboxylic acids is 2. The molecule has 2 aromatic rings. The van der Waals surface area contributed by atoms with Crippen LogP contribution in [0.15, 0.2) is 36.4 Å². The molecule has 1 heterocycles. The number of carbonyl (C=O) groups is 2. The zero-order chi connectivity index (χ0) is 32.1. The van der Waals surface area contributed by atoms with Crippen LogP contribution in [0.3, 0.4) is 0 Å². The van der Waals surface area contributed by atoms with Crippen LogP contribution in [-0.4, -0.2) is 60.9 Å². The van der Waals surface area contributed by atoms with E-state index in [9.17, 15) is 53.5 Å². The van der Waals surface area contributed by atoms with Gasteiger partial charge in [0.25, 0.3) is 0 Å². The van der Waals surface area contributed by atoms with Crippen molar-refractivity contribution in [3.8, 4) is 0 Å². The summed E-state index contributed by atoms with van der Waals surface area (Å²) >= 11 is 0. The maximum atomic E-state index is 14.9. The first-order chi connectivity index (χ1) is 19.8. The first-order valence-electron chi connectivity index (χ1n) is 13.2. The van der Waals surface area contributed by atoms with Crippen LogP contribution in [0.4, 0.5) is 54.4 Å². The van der Waals surface area contributed by atoms with Crippen LogP contribution in [0.25, 0.3) is 0 Å². The van der Waals surface area contributed by atoms with E-state index in [-0.39, 0.29) is 37.6 Å². The van der Waals surface area contributed by atoms with E-state index >= 15 is 0 Å². The van der Waals surface area contributed by atoms with Gasteiger partial charge >= 0.3 is 18.4 Å². The van der Waals surface area contributed by atoms with Gasteiger partial charge < -0.3 is 9.80 Å². The third-order valence-corrected chi connectivity index (χ3v) is 8.07. The van der Waals surface area contributed by atoms with Crippen molar-refractivity contribution in [2.24, 2.45) is 5.92 Å². The van der Waals surface area contributed by atoms with Gasteiger partial charge in [0.2, 0.25) is 11.8 Å². The number of urea groups is 1. The average Bonchev–Trinajstić information content (AvgIpc) is 3.35. The van der Waals surface area contributed by atoms with Gasteiger partial charge in [0, 0.05) is 63.6 Å². The molecule has 1 saturated heterocycles. The fourth-order valence-electron chi connectivity index (χ4n) is 5.63. The van der Waals surface area contributed by atoms with Crippen molar-refractivity contribution in [3.63, 3.8) is 0 Å². The van der Waals surface area contributed by atoms with Crippen LogP contribution < -0.4 is 4.90 Å². The van der Waals surface area contributed by atoms with E-state index in [0.29, 0.717) is 23.1 Å². The van der Waals surface area contributed by atoms with Gasteiger partial charge in [0.05, 0.1) is 17.2 Å². The summed E-state index contributed by atoms with van der Waals surface area (Å²) in [4.78, 5) is 29.5. The summed E-state index contributed by atoms with van der Waals surface area (Å²) in [6.45, 7) is -0.429. The van der Waals surface area contributed by atoms with E-state index in [4.69, 9.17) is 0 Å². The minimum absolute atomic E-state index is 0.0829. The molecule has 2 atom stereocenters. The molecule has 1 aliphatic heterocycles. The normalized spacial score (nSPS) is 21.2. The summed E-state index contributed by atoms with van der Waals surface area (Å²) in [5.74, 6) is -7.05. The van der Waals surface area contributed by atoms with E-state index in [2.05, 4.69) is 0 Å². The zero-order valence-corrected chi connectivity index (χ0v) is 22.9. The van der Waals surface area contributed by atoms with Gasteiger partial charge in [0.15, 0.2) is 0 Å². The van der Waals surface area contributed by atoms with Crippen LogP contribution in [-0.2, 0) is 17.1 Å². The average molecular weight is 628 g/mol. The van der Waals surface area contributed by atoms with Gasteiger partial charge in [-0.25, -0.2) is 22.4 Å². The monoisotopic (exact) mass is 627 g/mol. The molecular formula is C28H27F10N3O2. The topological polar surface area (TPSA) is 43.9 Å². The number of hydrogen-bond acceptors (Lipinski definition) is 2. The number of likely N-dealkylation sites (tertiary alicyclic amines) is 1. The summed E-state index contributed by atoms with van der Waals surface area (Å²) in [6.07, 6.45) is -11.5. The molecule has 1 aliphatic carbocycles. The number of amides is 3. The minimum atomic E-state index is -5.16. The van der Waals surface area contributed by atoms with Crippen molar-refractivity contribution in [2.45, 2.75) is 55.9 Å². The van der Waals surface area contributed by atoms with Crippen LogP contribution in [0.5, 0.6) is 0 Å². The number of rotatable bonds is 4. The molecule has 0 aromatic heterocycles. The van der Waals surface area contributed by atoms with Crippen molar-refractivity contribution in [1.29, 1.82) is 0 Å². The third-order valence-electron chi connectivity index (χ3n) is 8.07. The summed E-state index contributed by atoms with van der Waals surface area (Å²) in [7, 11) is 2.15. The van der Waals surface area contributed by atoms with Crippen molar-refractivity contribution in [2.75, 3.05) is 32.1 Å². The quantitative estimate of drug-likeness (QED) is 0.334. The van der Waals surface area contributed by atoms with Gasteiger partial charge in [-0.1, -0.05) is 6.07 Å². The molecular weight excluding hydrogens is 600 g/mol. The molecule has 0 bridgehead atoms. The lowest BCUT2D eigenvalue weighted by Crippen LogP contribution is -2.48. The highest BCUT2D eigenvalue weighted by molar-refractivity contribution is 5.92. The van der Waals surface area contributed by atoms with Crippen molar-refractivity contribution >= 4 is 17.6 Å². The Bertz CT molecular complexity index is 1340. The van der Waals surface area contributed by atoms with Crippen LogP contribution >= 0.6 is 0 Å². The van der Waals surface area contributed by atoms with Crippen LogP contribution in [0.1, 0.15) is 48.3 Å². The second-order valence-corrected chi connectivity index (χ2v) is 10.9. The van der Waals surface area contributed by atoms with Gasteiger partial charge in [-0.05, 0) is 42.7 Å². The number of hydrogen-bond donors (Lipinski definition) is 0. The Balaban J connectivity index is 1.65. The molecule has 0 N–H and O–H groups in total. The maximum absolute atomic E-state index is 14.9. The number of halogens is 10. The largest absolute Gasteiger partial charge is 0.416 e. The Morgan fingerprint density at radius 2 is 1.42 bits per heavy atom. The predicted molar refractivity (Wildman–Crippen MR) is 134 cm³/mol. The Hall–Kier alpha value is -3.52. The van der Waals surface area contributed by atoms with E-state index in [1.165, 1.54) is 11.9 Å². The Morgan fingerprint density at radius 3 is 1.93 bits per heavy atom. The number of anilines is 1. The molecule has 4 rings (SSSR count). The lowest BCUT2D eigenvalue weighted by molar-refractivity contribution is -0.143. The Labute approximate surface area is 240 Å². The number of alkyl halides is 8. The molecule has 2 aromatic carbocycles. The molecule has 1 saturated carbocycles. The second kappa shape index (κ2) is 11.5. The van der Waals surface area contributed by atoms with Crippen molar-refractivity contribution in [3.05, 3.63) is 64.7 Å². The van der Waals surface area contributed by atoms with E-state index in [1.54, 1.807) is 0 Å². The molecule has 0 spiro atoms. The summed E-state index contributed by atoms with van der Waals surface area (Å²) in [5.41, 5.74) is -4.08. The predicted octanol–water partition coefficient (Wildman–Crippen LogP) is 7.31. The van der Waals surface area contributed by atoms with Crippen molar-refractivity contribution < 1.29 is 53.5 Å². The molecule has 0 radical (unpaired) electrons. The molecule has 15 heteroatoms. The lowest BCUT2D eigenvalue weighted by Gasteiger charge is -2.33. The highest BCUT2D eigenvalue weighted by atomic mass is 19.4. The maximum Gasteiger partial charge on any atom is 0.416 e. The van der Waals surface area contributed by atoms with Crippen molar-refractivity contribution in [1.82, 2.24) is 9.80 Å². The highest BCUT2D eigenvalue weighted by Gasteiger charge is 2.45. The fourth-order valence-corrected chi connectivity index (χ4v) is 5.63. The molecule has 2 aliphatic rings. The Morgan fingerprint density at radius 1 is 0.860 bits per heavy atom. The van der Waals surface area contributed by atoms with Gasteiger partial charge in [-0.3, -0.25) is 9.69 Å². The van der Waals surface area contributed by atoms with Crippen LogP contribution in [0.2, 0.25) is 0 Å². The molecule has 5 nitrogen and oxygen atoms in total. The lowest BCUT2D eigenvalue weighted by atomic mass is 9.86. The summed E-state index contributed by atoms with van der Waals surface area (Å²) in [5, 5.41) is 0. The number of benzene rings is 2. The summed E-state index contributed by atoms with van der Waals surface area (Å²) < 4.78 is 136. The van der Waals surface area contributed by atoms with Gasteiger partial charge in [0.1, 0.15) is 11.6 Å². The summed E-state index contributed by atoms with van der Waals surface area (Å²) in [6, 6.07) is 1.20. The first-order valence-corrected chi connectivity index (χ1v) is 13.2. The fraction of sp³-hybridized carbons (Fsp3) is 0.500. The van der Waals surface area contributed by atoms with Crippen LogP contribution in [0, 0.1) is 17.6 Å². The molecule has 236 valence electrons. The number of nitrogens with zero attached hydrogens (tertiary/aromatic N) is 3. The molecule has 3 amide bonds. The molecule has 2 unspecified atom stereocenters. The third kappa shape index (κ3) is 7.01. The first kappa shape index (κ1) is 32.4. The number of likely N-dealkylation sites (N-methyl/N-ethyl adjacent to an activating group) is 1. The van der Waals surface area contributed by atoms with E-state index in [0.717, 1.165) is 24.1 Å². The molecule has 2 fully saturated rings. The Kier molecular flexibility index (Phi) is 8.68. The van der Waals surface area contributed by atoms with Gasteiger partial charge in [-0.15, -0.1) is 0 Å². The smallest absolute Gasteiger partial charge is 0.340 e.